The minimum atomic E-state index is 0.455. The summed E-state index contributed by atoms with van der Waals surface area (Å²) in [6.45, 7) is 9.36. The Bertz CT molecular complexity index is 507. The van der Waals surface area contributed by atoms with E-state index in [9.17, 15) is 0 Å². The van der Waals surface area contributed by atoms with Gasteiger partial charge in [-0.15, -0.1) is 11.3 Å². The molecule has 0 saturated heterocycles. The second-order valence-corrected chi connectivity index (χ2v) is 8.41. The third-order valence-corrected chi connectivity index (χ3v) is 6.73. The SMILES string of the molecule is Cc1cc(C2=C(Br)C3CCC2C3(C)C)c(C)s1. The summed E-state index contributed by atoms with van der Waals surface area (Å²) in [5, 5.41) is 0. The van der Waals surface area contributed by atoms with Crippen molar-refractivity contribution in [2.75, 3.05) is 0 Å². The summed E-state index contributed by atoms with van der Waals surface area (Å²) in [4.78, 5) is 2.92. The van der Waals surface area contributed by atoms with Crippen LogP contribution in [0.2, 0.25) is 0 Å². The van der Waals surface area contributed by atoms with E-state index in [2.05, 4.69) is 49.7 Å². The van der Waals surface area contributed by atoms with Crippen molar-refractivity contribution in [3.63, 3.8) is 0 Å². The van der Waals surface area contributed by atoms with Crippen LogP contribution in [-0.4, -0.2) is 0 Å². The summed E-state index contributed by atoms with van der Waals surface area (Å²) in [6.07, 6.45) is 2.74. The van der Waals surface area contributed by atoms with Gasteiger partial charge >= 0.3 is 0 Å². The molecule has 0 nitrogen and oxygen atoms in total. The fourth-order valence-corrected chi connectivity index (χ4v) is 6.11. The van der Waals surface area contributed by atoms with Crippen LogP contribution in [0.3, 0.4) is 0 Å². The van der Waals surface area contributed by atoms with Crippen molar-refractivity contribution < 1.29 is 0 Å². The van der Waals surface area contributed by atoms with Gasteiger partial charge in [0.05, 0.1) is 0 Å². The molecule has 3 rings (SSSR count). The third kappa shape index (κ3) is 1.53. The lowest BCUT2D eigenvalue weighted by molar-refractivity contribution is 0.281. The van der Waals surface area contributed by atoms with Crippen molar-refractivity contribution in [2.45, 2.75) is 40.5 Å². The average molecular weight is 311 g/mol. The highest BCUT2D eigenvalue weighted by atomic mass is 79.9. The molecule has 2 aliphatic rings. The maximum atomic E-state index is 3.90. The molecule has 92 valence electrons. The van der Waals surface area contributed by atoms with Crippen molar-refractivity contribution in [3.05, 3.63) is 25.9 Å². The second kappa shape index (κ2) is 3.71. The quantitative estimate of drug-likeness (QED) is 0.639. The fourth-order valence-electron chi connectivity index (χ4n) is 3.86. The lowest BCUT2D eigenvalue weighted by atomic mass is 9.78. The summed E-state index contributed by atoms with van der Waals surface area (Å²) in [5.74, 6) is 1.51. The van der Waals surface area contributed by atoms with Gasteiger partial charge in [-0.3, -0.25) is 0 Å². The Labute approximate surface area is 116 Å². The predicted molar refractivity (Wildman–Crippen MR) is 79.6 cm³/mol. The largest absolute Gasteiger partial charge is 0.145 e. The molecule has 17 heavy (non-hydrogen) atoms. The Kier molecular flexibility index (Phi) is 2.61. The molecule has 1 fully saturated rings. The van der Waals surface area contributed by atoms with Crippen LogP contribution in [0.4, 0.5) is 0 Å². The van der Waals surface area contributed by atoms with Gasteiger partial charge in [-0.05, 0) is 61.1 Å². The van der Waals surface area contributed by atoms with E-state index in [1.54, 1.807) is 5.57 Å². The maximum absolute atomic E-state index is 3.90. The molecule has 2 heteroatoms. The van der Waals surface area contributed by atoms with E-state index >= 15 is 0 Å². The molecular weight excluding hydrogens is 292 g/mol. The van der Waals surface area contributed by atoms with Crippen LogP contribution < -0.4 is 0 Å². The predicted octanol–water partition coefficient (Wildman–Crippen LogP) is 5.54. The van der Waals surface area contributed by atoms with Crippen LogP contribution in [0.25, 0.3) is 5.57 Å². The van der Waals surface area contributed by atoms with E-state index in [4.69, 9.17) is 0 Å². The van der Waals surface area contributed by atoms with Gasteiger partial charge in [0.1, 0.15) is 0 Å². The molecule has 1 saturated carbocycles. The summed E-state index contributed by atoms with van der Waals surface area (Å²) in [6, 6.07) is 2.38. The van der Waals surface area contributed by atoms with Crippen molar-refractivity contribution in [2.24, 2.45) is 17.3 Å². The Morgan fingerprint density at radius 2 is 1.88 bits per heavy atom. The van der Waals surface area contributed by atoms with Crippen molar-refractivity contribution >= 4 is 32.8 Å². The zero-order chi connectivity index (χ0) is 12.4. The Morgan fingerprint density at radius 1 is 1.24 bits per heavy atom. The van der Waals surface area contributed by atoms with E-state index in [-0.39, 0.29) is 0 Å². The molecule has 0 amide bonds. The maximum Gasteiger partial charge on any atom is 0.00925 e. The highest BCUT2D eigenvalue weighted by Crippen LogP contribution is 2.64. The zero-order valence-electron chi connectivity index (χ0n) is 10.9. The van der Waals surface area contributed by atoms with E-state index in [0.717, 1.165) is 11.8 Å². The van der Waals surface area contributed by atoms with Gasteiger partial charge in [0.25, 0.3) is 0 Å². The van der Waals surface area contributed by atoms with Gasteiger partial charge in [0.2, 0.25) is 0 Å². The van der Waals surface area contributed by atoms with Crippen molar-refractivity contribution in [1.82, 2.24) is 0 Å². The minimum Gasteiger partial charge on any atom is -0.145 e. The Hall–Kier alpha value is -0.0800. The molecule has 1 aromatic rings. The molecule has 0 spiro atoms. The van der Waals surface area contributed by atoms with Gasteiger partial charge in [0.15, 0.2) is 0 Å². The van der Waals surface area contributed by atoms with Gasteiger partial charge in [-0.1, -0.05) is 29.8 Å². The molecule has 0 aromatic carbocycles. The van der Waals surface area contributed by atoms with Crippen LogP contribution in [-0.2, 0) is 0 Å². The number of fused-ring (bicyclic) bond motifs is 2. The zero-order valence-corrected chi connectivity index (χ0v) is 13.3. The van der Waals surface area contributed by atoms with E-state index in [1.807, 2.05) is 11.3 Å². The van der Waals surface area contributed by atoms with E-state index in [0.29, 0.717) is 5.41 Å². The lowest BCUT2D eigenvalue weighted by Gasteiger charge is -2.25. The molecule has 2 bridgehead atoms. The number of hydrogen-bond donors (Lipinski definition) is 0. The summed E-state index contributed by atoms with van der Waals surface area (Å²) >= 11 is 5.83. The number of allylic oxidation sites excluding steroid dienone is 2. The van der Waals surface area contributed by atoms with Crippen LogP contribution in [0, 0.1) is 31.1 Å². The number of hydrogen-bond acceptors (Lipinski definition) is 1. The Morgan fingerprint density at radius 3 is 2.35 bits per heavy atom. The van der Waals surface area contributed by atoms with Crippen LogP contribution >= 0.6 is 27.3 Å². The molecule has 0 aliphatic heterocycles. The lowest BCUT2D eigenvalue weighted by Crippen LogP contribution is -2.19. The molecular formula is C15H19BrS. The standard InChI is InChI=1S/C15H19BrS/c1-8-7-10(9(2)17-8)13-11-5-6-12(14(13)16)15(11,3)4/h7,11-12H,5-6H2,1-4H3. The topological polar surface area (TPSA) is 0 Å². The average Bonchev–Trinajstić information content (AvgIpc) is 2.76. The van der Waals surface area contributed by atoms with Crippen LogP contribution in [0.1, 0.15) is 42.0 Å². The van der Waals surface area contributed by atoms with Crippen molar-refractivity contribution in [3.8, 4) is 0 Å². The number of aryl methyl sites for hydroxylation is 2. The highest BCUT2D eigenvalue weighted by molar-refractivity contribution is 9.11. The summed E-state index contributed by atoms with van der Waals surface area (Å²) in [7, 11) is 0. The van der Waals surface area contributed by atoms with Crippen LogP contribution in [0.15, 0.2) is 10.5 Å². The first-order valence-electron chi connectivity index (χ1n) is 6.40. The normalized spacial score (nSPS) is 30.4. The first-order valence-corrected chi connectivity index (χ1v) is 8.01. The molecule has 0 N–H and O–H groups in total. The van der Waals surface area contributed by atoms with Gasteiger partial charge in [-0.2, -0.15) is 0 Å². The number of thiophene rings is 1. The molecule has 2 aliphatic carbocycles. The molecule has 2 unspecified atom stereocenters. The molecule has 0 radical (unpaired) electrons. The first-order chi connectivity index (χ1) is 7.93. The number of halogens is 1. The van der Waals surface area contributed by atoms with Crippen LogP contribution in [0.5, 0.6) is 0 Å². The van der Waals surface area contributed by atoms with E-state index < -0.39 is 0 Å². The monoisotopic (exact) mass is 310 g/mol. The first kappa shape index (κ1) is 12.0. The van der Waals surface area contributed by atoms with E-state index in [1.165, 1.54) is 32.6 Å². The summed E-state index contributed by atoms with van der Waals surface area (Å²) in [5.41, 5.74) is 3.59. The molecule has 1 aromatic heterocycles. The Balaban J connectivity index is 2.14. The summed E-state index contributed by atoms with van der Waals surface area (Å²) < 4.78 is 1.50. The fraction of sp³-hybridized carbons (Fsp3) is 0.600. The third-order valence-electron chi connectivity index (χ3n) is 4.78. The highest BCUT2D eigenvalue weighted by Gasteiger charge is 2.52. The second-order valence-electron chi connectivity index (χ2n) is 6.09. The number of rotatable bonds is 1. The minimum absolute atomic E-state index is 0.455. The van der Waals surface area contributed by atoms with Gasteiger partial charge in [0, 0.05) is 14.2 Å². The van der Waals surface area contributed by atoms with Crippen molar-refractivity contribution in [1.29, 1.82) is 0 Å². The van der Waals surface area contributed by atoms with Gasteiger partial charge < -0.3 is 0 Å². The smallest absolute Gasteiger partial charge is 0.00925 e. The molecule has 1 heterocycles. The van der Waals surface area contributed by atoms with Gasteiger partial charge in [-0.25, -0.2) is 0 Å². The molecule has 2 atom stereocenters.